The van der Waals surface area contributed by atoms with Gasteiger partial charge in [0.2, 0.25) is 0 Å². The van der Waals surface area contributed by atoms with E-state index < -0.39 is 24.5 Å². The van der Waals surface area contributed by atoms with Crippen LogP contribution in [0.2, 0.25) is 0 Å². The second-order valence-corrected chi connectivity index (χ2v) is 3.49. The number of halogens is 3. The van der Waals surface area contributed by atoms with E-state index in [2.05, 4.69) is 4.98 Å². The number of hydrogen-bond donors (Lipinski definition) is 1. The third-order valence-electron chi connectivity index (χ3n) is 2.07. The van der Waals surface area contributed by atoms with Crippen LogP contribution in [0.1, 0.15) is 23.5 Å². The molecule has 0 aliphatic rings. The maximum Gasteiger partial charge on any atom is 0.396 e. The third kappa shape index (κ3) is 3.22. The van der Waals surface area contributed by atoms with Crippen molar-refractivity contribution in [2.45, 2.75) is 25.4 Å². The molecule has 1 aromatic rings. The average molecular weight is 233 g/mol. The predicted octanol–water partition coefficient (Wildman–Crippen LogP) is 2.51. The van der Waals surface area contributed by atoms with E-state index in [1.807, 2.05) is 0 Å². The fourth-order valence-corrected chi connectivity index (χ4v) is 1.37. The van der Waals surface area contributed by atoms with Crippen molar-refractivity contribution in [1.29, 1.82) is 0 Å². The molecule has 88 valence electrons. The van der Waals surface area contributed by atoms with Gasteiger partial charge in [0.05, 0.1) is 12.3 Å². The van der Waals surface area contributed by atoms with Crippen LogP contribution in [0.3, 0.4) is 0 Å². The minimum absolute atomic E-state index is 0.116. The molecule has 3 nitrogen and oxygen atoms in total. The molecule has 0 aliphatic heterocycles. The Balaban J connectivity index is 3.06. The first kappa shape index (κ1) is 12.5. The molecule has 0 saturated carbocycles. The van der Waals surface area contributed by atoms with Gasteiger partial charge in [-0.05, 0) is 18.1 Å². The SMILES string of the molecule is Cc1cncc(C(CC(=O)O)C(F)(F)F)c1. The van der Waals surface area contributed by atoms with Crippen LogP contribution in [0, 0.1) is 6.92 Å². The molecular formula is C10H10F3NO2. The fourth-order valence-electron chi connectivity index (χ4n) is 1.37. The van der Waals surface area contributed by atoms with Crippen LogP contribution in [0.15, 0.2) is 18.5 Å². The van der Waals surface area contributed by atoms with Gasteiger partial charge in [-0.25, -0.2) is 0 Å². The number of nitrogens with zero attached hydrogens (tertiary/aromatic N) is 1. The number of carboxylic acid groups (broad SMARTS) is 1. The van der Waals surface area contributed by atoms with Crippen LogP contribution in [0.5, 0.6) is 0 Å². The molecular weight excluding hydrogens is 223 g/mol. The number of hydrogen-bond acceptors (Lipinski definition) is 2. The molecule has 0 radical (unpaired) electrons. The van der Waals surface area contributed by atoms with E-state index in [0.717, 1.165) is 6.20 Å². The van der Waals surface area contributed by atoms with Crippen molar-refractivity contribution in [2.75, 3.05) is 0 Å². The second-order valence-electron chi connectivity index (χ2n) is 3.49. The zero-order valence-electron chi connectivity index (χ0n) is 8.45. The number of aromatic nitrogens is 1. The first-order valence-electron chi connectivity index (χ1n) is 4.50. The summed E-state index contributed by atoms with van der Waals surface area (Å²) in [7, 11) is 0. The molecule has 0 spiro atoms. The number of carboxylic acids is 1. The highest BCUT2D eigenvalue weighted by atomic mass is 19.4. The van der Waals surface area contributed by atoms with Gasteiger partial charge in [0, 0.05) is 12.4 Å². The number of pyridine rings is 1. The summed E-state index contributed by atoms with van der Waals surface area (Å²) in [6.07, 6.45) is -3.09. The highest BCUT2D eigenvalue weighted by molar-refractivity contribution is 5.68. The molecule has 1 rings (SSSR count). The first-order chi connectivity index (χ1) is 7.30. The lowest BCUT2D eigenvalue weighted by Gasteiger charge is -2.18. The van der Waals surface area contributed by atoms with Crippen LogP contribution in [-0.2, 0) is 4.79 Å². The van der Waals surface area contributed by atoms with Gasteiger partial charge in [-0.3, -0.25) is 9.78 Å². The van der Waals surface area contributed by atoms with Crippen LogP contribution in [0.4, 0.5) is 13.2 Å². The normalized spacial score (nSPS) is 13.5. The van der Waals surface area contributed by atoms with Gasteiger partial charge in [0.25, 0.3) is 0 Å². The zero-order valence-corrected chi connectivity index (χ0v) is 8.45. The molecule has 0 amide bonds. The Morgan fingerprint density at radius 3 is 2.56 bits per heavy atom. The highest BCUT2D eigenvalue weighted by Gasteiger charge is 2.42. The van der Waals surface area contributed by atoms with E-state index in [9.17, 15) is 18.0 Å². The van der Waals surface area contributed by atoms with Crippen molar-refractivity contribution in [3.8, 4) is 0 Å². The lowest BCUT2D eigenvalue weighted by atomic mass is 9.96. The van der Waals surface area contributed by atoms with Crippen LogP contribution >= 0.6 is 0 Å². The van der Waals surface area contributed by atoms with E-state index in [0.29, 0.717) is 5.56 Å². The fraction of sp³-hybridized carbons (Fsp3) is 0.400. The molecule has 0 aromatic carbocycles. The summed E-state index contributed by atoms with van der Waals surface area (Å²) in [6, 6.07) is 1.30. The maximum atomic E-state index is 12.6. The first-order valence-corrected chi connectivity index (χ1v) is 4.50. The molecule has 1 N–H and O–H groups in total. The lowest BCUT2D eigenvalue weighted by molar-refractivity contribution is -0.163. The number of rotatable bonds is 3. The molecule has 0 fully saturated rings. The van der Waals surface area contributed by atoms with Crippen molar-refractivity contribution < 1.29 is 23.1 Å². The summed E-state index contributed by atoms with van der Waals surface area (Å²) in [5.74, 6) is -3.48. The van der Waals surface area contributed by atoms with E-state index in [-0.39, 0.29) is 5.56 Å². The van der Waals surface area contributed by atoms with E-state index >= 15 is 0 Å². The van der Waals surface area contributed by atoms with E-state index in [1.165, 1.54) is 12.3 Å². The third-order valence-corrected chi connectivity index (χ3v) is 2.07. The van der Waals surface area contributed by atoms with Crippen molar-refractivity contribution in [2.24, 2.45) is 0 Å². The lowest BCUT2D eigenvalue weighted by Crippen LogP contribution is -2.23. The molecule has 1 aromatic heterocycles. The molecule has 0 saturated heterocycles. The predicted molar refractivity (Wildman–Crippen MR) is 50.0 cm³/mol. The Hall–Kier alpha value is -1.59. The van der Waals surface area contributed by atoms with Gasteiger partial charge in [0.15, 0.2) is 0 Å². The van der Waals surface area contributed by atoms with Gasteiger partial charge in [-0.1, -0.05) is 6.07 Å². The van der Waals surface area contributed by atoms with Gasteiger partial charge < -0.3 is 5.11 Å². The summed E-state index contributed by atoms with van der Waals surface area (Å²) in [5, 5.41) is 8.46. The topological polar surface area (TPSA) is 50.2 Å². The maximum absolute atomic E-state index is 12.6. The zero-order chi connectivity index (χ0) is 12.3. The number of alkyl halides is 3. The van der Waals surface area contributed by atoms with Gasteiger partial charge >= 0.3 is 12.1 Å². The number of aliphatic carboxylic acids is 1. The molecule has 1 unspecified atom stereocenters. The highest BCUT2D eigenvalue weighted by Crippen LogP contribution is 2.37. The van der Waals surface area contributed by atoms with Crippen molar-refractivity contribution in [1.82, 2.24) is 4.98 Å². The molecule has 16 heavy (non-hydrogen) atoms. The Kier molecular flexibility index (Phi) is 3.51. The molecule has 0 bridgehead atoms. The molecule has 0 aliphatic carbocycles. The second kappa shape index (κ2) is 4.51. The Labute approximate surface area is 89.9 Å². The average Bonchev–Trinajstić information content (AvgIpc) is 2.12. The monoisotopic (exact) mass is 233 g/mol. The van der Waals surface area contributed by atoms with Crippen LogP contribution < -0.4 is 0 Å². The van der Waals surface area contributed by atoms with Crippen LogP contribution in [0.25, 0.3) is 0 Å². The number of carbonyl (C=O) groups is 1. The molecule has 1 heterocycles. The Morgan fingerprint density at radius 2 is 2.12 bits per heavy atom. The van der Waals surface area contributed by atoms with Crippen molar-refractivity contribution in [3.05, 3.63) is 29.6 Å². The van der Waals surface area contributed by atoms with Gasteiger partial charge in [0.1, 0.15) is 0 Å². The smallest absolute Gasteiger partial charge is 0.396 e. The van der Waals surface area contributed by atoms with E-state index in [1.54, 1.807) is 6.92 Å². The summed E-state index contributed by atoms with van der Waals surface area (Å²) < 4.78 is 37.8. The standard InChI is InChI=1S/C10H10F3NO2/c1-6-2-7(5-14-4-6)8(3-9(15)16)10(11,12)13/h2,4-5,8H,3H2,1H3,(H,15,16). The van der Waals surface area contributed by atoms with Crippen LogP contribution in [-0.4, -0.2) is 22.2 Å². The van der Waals surface area contributed by atoms with Crippen molar-refractivity contribution >= 4 is 5.97 Å². The summed E-state index contributed by atoms with van der Waals surface area (Å²) >= 11 is 0. The minimum atomic E-state index is -4.58. The summed E-state index contributed by atoms with van der Waals surface area (Å²) in [4.78, 5) is 14.0. The van der Waals surface area contributed by atoms with Gasteiger partial charge in [-0.15, -0.1) is 0 Å². The number of aryl methyl sites for hydroxylation is 1. The summed E-state index contributed by atoms with van der Waals surface area (Å²) in [5.41, 5.74) is 0.451. The Bertz CT molecular complexity index is 390. The largest absolute Gasteiger partial charge is 0.481 e. The molecule has 1 atom stereocenters. The Morgan fingerprint density at radius 1 is 1.50 bits per heavy atom. The minimum Gasteiger partial charge on any atom is -0.481 e. The quantitative estimate of drug-likeness (QED) is 0.872. The summed E-state index contributed by atoms with van der Waals surface area (Å²) in [6.45, 7) is 1.60. The molecule has 6 heteroatoms. The van der Waals surface area contributed by atoms with Crippen molar-refractivity contribution in [3.63, 3.8) is 0 Å². The van der Waals surface area contributed by atoms with Gasteiger partial charge in [-0.2, -0.15) is 13.2 Å². The van der Waals surface area contributed by atoms with E-state index in [4.69, 9.17) is 5.11 Å².